The summed E-state index contributed by atoms with van der Waals surface area (Å²) < 4.78 is 11.0. The summed E-state index contributed by atoms with van der Waals surface area (Å²) in [5, 5.41) is 1.25. The Balaban J connectivity index is 0.00000112. The van der Waals surface area contributed by atoms with E-state index in [1.807, 2.05) is 6.07 Å². The van der Waals surface area contributed by atoms with Crippen LogP contribution in [-0.2, 0) is 17.6 Å². The number of nitrogens with zero attached hydrogens (tertiary/aromatic N) is 2. The molecule has 0 radical (unpaired) electrons. The third-order valence-electron chi connectivity index (χ3n) is 5.50. The number of fused-ring (bicyclic) bond motifs is 4. The molecule has 0 saturated carbocycles. The molecule has 1 fully saturated rings. The summed E-state index contributed by atoms with van der Waals surface area (Å²) in [5.41, 5.74) is 7.50. The predicted octanol–water partition coefficient (Wildman–Crippen LogP) is 2.20. The average Bonchev–Trinajstić information content (AvgIpc) is 2.72. The van der Waals surface area contributed by atoms with Crippen LogP contribution in [0.2, 0.25) is 0 Å². The number of aryl methyl sites for hydroxylation is 1. The Morgan fingerprint density at radius 1 is 1.00 bits per heavy atom. The lowest BCUT2D eigenvalue weighted by atomic mass is 9.86. The van der Waals surface area contributed by atoms with Gasteiger partial charge in [0, 0.05) is 29.6 Å². The number of ether oxygens (including phenoxy) is 2. The highest BCUT2D eigenvalue weighted by Crippen LogP contribution is 2.42. The zero-order valence-corrected chi connectivity index (χ0v) is 16.0. The van der Waals surface area contributed by atoms with Crippen molar-refractivity contribution in [2.24, 2.45) is 0 Å². The number of methoxy groups -OCH3 is 1. The van der Waals surface area contributed by atoms with Crippen molar-refractivity contribution in [3.05, 3.63) is 53.6 Å². The van der Waals surface area contributed by atoms with Crippen LogP contribution in [0.15, 0.2) is 42.5 Å². The Bertz CT molecular complexity index is 984. The quantitative estimate of drug-likeness (QED) is 0.678. The maximum atomic E-state index is 5.59. The second-order valence-electron chi connectivity index (χ2n) is 6.93. The largest absolute Gasteiger partial charge is 0.497 e. The molecule has 6 nitrogen and oxygen atoms in total. The van der Waals surface area contributed by atoms with Gasteiger partial charge in [-0.25, -0.2) is 4.98 Å². The SMILES string of the molecule is COc1ccc2c(c1)CCc1c-2nc2ccccc2c1N1CCOCC1.O.O. The van der Waals surface area contributed by atoms with E-state index in [1.54, 1.807) is 7.11 Å². The van der Waals surface area contributed by atoms with Crippen LogP contribution in [0, 0.1) is 0 Å². The van der Waals surface area contributed by atoms with E-state index >= 15 is 0 Å². The van der Waals surface area contributed by atoms with Gasteiger partial charge in [-0.3, -0.25) is 0 Å². The second-order valence-corrected chi connectivity index (χ2v) is 6.93. The van der Waals surface area contributed by atoms with Gasteiger partial charge in [0.15, 0.2) is 0 Å². The van der Waals surface area contributed by atoms with Gasteiger partial charge in [0.2, 0.25) is 0 Å². The number of para-hydroxylation sites is 1. The molecule has 2 heterocycles. The number of hydrogen-bond donors (Lipinski definition) is 0. The third kappa shape index (κ3) is 3.20. The van der Waals surface area contributed by atoms with E-state index < -0.39 is 0 Å². The number of pyridine rings is 1. The molecule has 4 N–H and O–H groups in total. The molecule has 1 saturated heterocycles. The van der Waals surface area contributed by atoms with Crippen molar-refractivity contribution in [3.63, 3.8) is 0 Å². The van der Waals surface area contributed by atoms with Crippen LogP contribution < -0.4 is 9.64 Å². The molecule has 0 bridgehead atoms. The number of rotatable bonds is 2. The van der Waals surface area contributed by atoms with Gasteiger partial charge in [-0.15, -0.1) is 0 Å². The smallest absolute Gasteiger partial charge is 0.119 e. The molecule has 3 aromatic rings. The summed E-state index contributed by atoms with van der Waals surface area (Å²) in [6, 6.07) is 14.9. The van der Waals surface area contributed by atoms with Crippen LogP contribution in [0.25, 0.3) is 22.2 Å². The molecule has 0 amide bonds. The van der Waals surface area contributed by atoms with Crippen molar-refractivity contribution in [2.75, 3.05) is 38.3 Å². The van der Waals surface area contributed by atoms with Crippen molar-refractivity contribution in [3.8, 4) is 17.0 Å². The van der Waals surface area contributed by atoms with Gasteiger partial charge >= 0.3 is 0 Å². The average molecular weight is 382 g/mol. The van der Waals surface area contributed by atoms with Crippen LogP contribution >= 0.6 is 0 Å². The molecule has 0 atom stereocenters. The molecule has 1 aromatic heterocycles. The van der Waals surface area contributed by atoms with E-state index in [-0.39, 0.29) is 11.0 Å². The van der Waals surface area contributed by atoms with Gasteiger partial charge in [0.05, 0.1) is 37.2 Å². The molecule has 1 aliphatic carbocycles. The number of hydrogen-bond acceptors (Lipinski definition) is 4. The van der Waals surface area contributed by atoms with Crippen LogP contribution in [0.1, 0.15) is 11.1 Å². The monoisotopic (exact) mass is 382 g/mol. The molecule has 2 aliphatic rings. The van der Waals surface area contributed by atoms with Crippen molar-refractivity contribution in [2.45, 2.75) is 12.8 Å². The molecule has 5 rings (SSSR count). The first-order valence-corrected chi connectivity index (χ1v) is 9.27. The molecule has 0 unspecified atom stereocenters. The van der Waals surface area contributed by atoms with Gasteiger partial charge in [-0.1, -0.05) is 18.2 Å². The van der Waals surface area contributed by atoms with Crippen molar-refractivity contribution in [1.82, 2.24) is 4.98 Å². The minimum Gasteiger partial charge on any atom is -0.497 e. The highest BCUT2D eigenvalue weighted by atomic mass is 16.5. The van der Waals surface area contributed by atoms with Crippen LogP contribution in [0.4, 0.5) is 5.69 Å². The Morgan fingerprint density at radius 2 is 1.79 bits per heavy atom. The zero-order chi connectivity index (χ0) is 17.5. The van der Waals surface area contributed by atoms with Crippen molar-refractivity contribution in [1.29, 1.82) is 0 Å². The zero-order valence-electron chi connectivity index (χ0n) is 16.0. The van der Waals surface area contributed by atoms with E-state index in [1.165, 1.54) is 27.8 Å². The molecule has 28 heavy (non-hydrogen) atoms. The van der Waals surface area contributed by atoms with Crippen LogP contribution in [0.5, 0.6) is 5.75 Å². The van der Waals surface area contributed by atoms with E-state index in [9.17, 15) is 0 Å². The first-order valence-electron chi connectivity index (χ1n) is 9.27. The van der Waals surface area contributed by atoms with E-state index in [0.717, 1.165) is 56.1 Å². The van der Waals surface area contributed by atoms with E-state index in [4.69, 9.17) is 14.5 Å². The number of anilines is 1. The van der Waals surface area contributed by atoms with E-state index in [2.05, 4.69) is 41.3 Å². The lowest BCUT2D eigenvalue weighted by molar-refractivity contribution is 0.123. The summed E-state index contributed by atoms with van der Waals surface area (Å²) >= 11 is 0. The van der Waals surface area contributed by atoms with Crippen molar-refractivity contribution < 1.29 is 20.4 Å². The molecular weight excluding hydrogens is 356 g/mol. The molecule has 0 spiro atoms. The van der Waals surface area contributed by atoms with Gasteiger partial charge in [-0.2, -0.15) is 0 Å². The second kappa shape index (κ2) is 8.14. The number of morpholine rings is 1. The summed E-state index contributed by atoms with van der Waals surface area (Å²) in [7, 11) is 1.72. The topological polar surface area (TPSA) is 97.6 Å². The minimum absolute atomic E-state index is 0. The Kier molecular flexibility index (Phi) is 5.84. The molecular formula is C22H26N2O4. The Hall–Kier alpha value is -2.67. The maximum Gasteiger partial charge on any atom is 0.119 e. The summed E-state index contributed by atoms with van der Waals surface area (Å²) in [4.78, 5) is 7.56. The summed E-state index contributed by atoms with van der Waals surface area (Å²) in [6.45, 7) is 3.46. The molecule has 148 valence electrons. The van der Waals surface area contributed by atoms with Gasteiger partial charge in [0.1, 0.15) is 5.75 Å². The summed E-state index contributed by atoms with van der Waals surface area (Å²) in [6.07, 6.45) is 2.04. The molecule has 2 aromatic carbocycles. The highest BCUT2D eigenvalue weighted by Gasteiger charge is 2.26. The van der Waals surface area contributed by atoms with Gasteiger partial charge in [-0.05, 0) is 42.7 Å². The lowest BCUT2D eigenvalue weighted by Crippen LogP contribution is -2.37. The van der Waals surface area contributed by atoms with Gasteiger partial charge < -0.3 is 25.3 Å². The standard InChI is InChI=1S/C22H22N2O2.2H2O/c1-25-16-7-9-17-15(14-16)6-8-19-21(17)23-20-5-3-2-4-18(20)22(19)24-10-12-26-13-11-24;;/h2-5,7,9,14H,6,8,10-13H2,1H3;2*1H2. The normalized spacial score (nSPS) is 15.1. The predicted molar refractivity (Wildman–Crippen MR) is 111 cm³/mol. The van der Waals surface area contributed by atoms with Crippen LogP contribution in [0.3, 0.4) is 0 Å². The third-order valence-corrected chi connectivity index (χ3v) is 5.50. The fourth-order valence-corrected chi connectivity index (χ4v) is 4.24. The maximum absolute atomic E-state index is 5.59. The Morgan fingerprint density at radius 3 is 2.57 bits per heavy atom. The summed E-state index contributed by atoms with van der Waals surface area (Å²) in [5.74, 6) is 0.918. The Labute approximate surface area is 164 Å². The number of aromatic nitrogens is 1. The first-order chi connectivity index (χ1) is 12.8. The van der Waals surface area contributed by atoms with Crippen LogP contribution in [-0.4, -0.2) is 49.3 Å². The van der Waals surface area contributed by atoms with E-state index in [0.29, 0.717) is 0 Å². The van der Waals surface area contributed by atoms with Crippen molar-refractivity contribution >= 4 is 16.6 Å². The van der Waals surface area contributed by atoms with Gasteiger partial charge in [0.25, 0.3) is 0 Å². The first kappa shape index (κ1) is 20.1. The fourth-order valence-electron chi connectivity index (χ4n) is 4.24. The lowest BCUT2D eigenvalue weighted by Gasteiger charge is -2.34. The molecule has 1 aliphatic heterocycles. The minimum atomic E-state index is 0. The highest BCUT2D eigenvalue weighted by molar-refractivity contribution is 5.97. The molecule has 6 heteroatoms. The fraction of sp³-hybridized carbons (Fsp3) is 0.318. The number of benzene rings is 2.